The topological polar surface area (TPSA) is 156 Å². The maximum absolute atomic E-state index is 15.1. The molecule has 2 amide bonds. The highest BCUT2D eigenvalue weighted by Gasteiger charge is 2.40. The summed E-state index contributed by atoms with van der Waals surface area (Å²) in [5, 5.41) is 2.97. The van der Waals surface area contributed by atoms with Crippen molar-refractivity contribution in [1.82, 2.24) is 10.2 Å². The molecule has 1 saturated heterocycles. The Morgan fingerprint density at radius 3 is 1.39 bits per heavy atom. The lowest BCUT2D eigenvalue weighted by Gasteiger charge is -2.21. The molecule has 1 heterocycles. The number of ether oxygens (including phenoxy) is 6. The van der Waals surface area contributed by atoms with E-state index in [2.05, 4.69) is 5.32 Å². The summed E-state index contributed by atoms with van der Waals surface area (Å²) >= 11 is 0. The van der Waals surface area contributed by atoms with E-state index in [1.54, 1.807) is 36.4 Å². The van der Waals surface area contributed by atoms with E-state index in [1.165, 1.54) is 29.2 Å². The minimum atomic E-state index is -1.07. The first-order chi connectivity index (χ1) is 36.7. The summed E-state index contributed by atoms with van der Waals surface area (Å²) in [6, 6.07) is 61.4. The molecule has 0 radical (unpaired) electrons. The molecule has 1 aliphatic heterocycles. The number of carbonyl (C=O) groups excluding carboxylic acids is 5. The lowest BCUT2D eigenvalue weighted by atomic mass is 9.95. The zero-order valence-electron chi connectivity index (χ0n) is 40.7. The molecule has 1 fully saturated rings. The summed E-state index contributed by atoms with van der Waals surface area (Å²) < 4.78 is 36.4. The molecule has 13 nitrogen and oxygen atoms in total. The van der Waals surface area contributed by atoms with Crippen molar-refractivity contribution in [3.8, 4) is 17.2 Å². The van der Waals surface area contributed by atoms with Crippen molar-refractivity contribution in [2.24, 2.45) is 0 Å². The average molecular weight is 1000 g/mol. The van der Waals surface area contributed by atoms with Gasteiger partial charge in [0.15, 0.2) is 0 Å². The Morgan fingerprint density at radius 1 is 0.440 bits per heavy atom. The maximum atomic E-state index is 15.1. The molecule has 13 heteroatoms. The van der Waals surface area contributed by atoms with Gasteiger partial charge in [0.05, 0.1) is 23.7 Å². The van der Waals surface area contributed by atoms with Gasteiger partial charge in [-0.15, -0.1) is 0 Å². The molecule has 8 aromatic carbocycles. The summed E-state index contributed by atoms with van der Waals surface area (Å²) in [6.07, 6.45) is -1.74. The van der Waals surface area contributed by atoms with Crippen LogP contribution in [0.4, 0.5) is 4.79 Å². The number of hydrogen-bond acceptors (Lipinski definition) is 11. The smallest absolute Gasteiger partial charge is 0.410 e. The highest BCUT2D eigenvalue weighted by molar-refractivity contribution is 6.17. The van der Waals surface area contributed by atoms with Crippen molar-refractivity contribution < 1.29 is 52.4 Å². The number of ketones is 1. The highest BCUT2D eigenvalue weighted by atomic mass is 16.6. The Balaban J connectivity index is 1.02. The van der Waals surface area contributed by atoms with Gasteiger partial charge >= 0.3 is 18.0 Å². The Bertz CT molecular complexity index is 3150. The van der Waals surface area contributed by atoms with E-state index >= 15 is 4.79 Å². The second kappa shape index (κ2) is 24.8. The fourth-order valence-electron chi connectivity index (χ4n) is 8.32. The predicted octanol–water partition coefficient (Wildman–Crippen LogP) is 11.0. The minimum Gasteiger partial charge on any atom is -0.489 e. The summed E-state index contributed by atoms with van der Waals surface area (Å²) in [4.78, 5) is 72.4. The molecule has 0 bridgehead atoms. The normalized spacial score (nSPS) is 13.7. The van der Waals surface area contributed by atoms with Crippen molar-refractivity contribution >= 4 is 29.7 Å². The van der Waals surface area contributed by atoms with E-state index in [9.17, 15) is 19.2 Å². The molecule has 9 rings (SSSR count). The summed E-state index contributed by atoms with van der Waals surface area (Å²) in [6.45, 7) is 0.111. The third-order valence-corrected chi connectivity index (χ3v) is 12.3. The van der Waals surface area contributed by atoms with Crippen LogP contribution in [0.15, 0.2) is 212 Å². The third-order valence-electron chi connectivity index (χ3n) is 12.3. The molecule has 2 atom stereocenters. The fourth-order valence-corrected chi connectivity index (χ4v) is 8.32. The van der Waals surface area contributed by atoms with Crippen molar-refractivity contribution in [1.29, 1.82) is 0 Å². The standard InChI is InChI=1S/C62H52N2O11/c65-58(51-28-16-17-29-52(51)61(68)73-41-46-24-12-4-13-25-46)57-54(71-39-44-20-8-2-9-21-44)34-49(35-55(57)72-40-45-22-10-3-11-23-45)60(67)75-56-37-64(62(69)74-42-47-26-14-5-15-27-47)36-53(56)63-59(66)48-30-32-50(33-31-48)70-38-43-18-6-1-7-19-43/h1-35,53,56H,36-42H2,(H,63,66)/t53-,56-/m0/s1. The Kier molecular flexibility index (Phi) is 16.7. The zero-order chi connectivity index (χ0) is 51.8. The van der Waals surface area contributed by atoms with Crippen LogP contribution < -0.4 is 19.5 Å². The van der Waals surface area contributed by atoms with E-state index in [-0.39, 0.29) is 73.3 Å². The van der Waals surface area contributed by atoms with E-state index < -0.39 is 41.9 Å². The van der Waals surface area contributed by atoms with Crippen molar-refractivity contribution in [3.63, 3.8) is 0 Å². The molecule has 0 saturated carbocycles. The molecule has 1 aliphatic rings. The summed E-state index contributed by atoms with van der Waals surface area (Å²) in [5.74, 6) is -2.20. The highest BCUT2D eigenvalue weighted by Crippen LogP contribution is 2.36. The number of nitrogens with one attached hydrogen (secondary N) is 1. The van der Waals surface area contributed by atoms with E-state index in [4.69, 9.17) is 28.4 Å². The molecule has 75 heavy (non-hydrogen) atoms. The lowest BCUT2D eigenvalue weighted by Crippen LogP contribution is -2.44. The predicted molar refractivity (Wildman–Crippen MR) is 279 cm³/mol. The van der Waals surface area contributed by atoms with Gasteiger partial charge in [0, 0.05) is 17.7 Å². The number of benzene rings is 8. The first kappa shape index (κ1) is 50.5. The third kappa shape index (κ3) is 13.5. The first-order valence-electron chi connectivity index (χ1n) is 24.3. The van der Waals surface area contributed by atoms with Gasteiger partial charge in [0.2, 0.25) is 5.78 Å². The van der Waals surface area contributed by atoms with E-state index in [1.807, 2.05) is 152 Å². The number of amides is 2. The number of esters is 2. The van der Waals surface area contributed by atoms with Crippen LogP contribution in [0.2, 0.25) is 0 Å². The summed E-state index contributed by atoms with van der Waals surface area (Å²) in [5.41, 5.74) is 4.27. The van der Waals surface area contributed by atoms with Gasteiger partial charge in [-0.25, -0.2) is 14.4 Å². The van der Waals surface area contributed by atoms with Crippen molar-refractivity contribution in [3.05, 3.63) is 268 Å². The number of hydrogen-bond donors (Lipinski definition) is 1. The van der Waals surface area contributed by atoms with Gasteiger partial charge in [-0.3, -0.25) is 9.59 Å². The van der Waals surface area contributed by atoms with Gasteiger partial charge in [-0.2, -0.15) is 0 Å². The number of nitrogens with zero attached hydrogens (tertiary/aromatic N) is 1. The number of rotatable bonds is 20. The quantitative estimate of drug-likeness (QED) is 0.0440. The second-order valence-corrected chi connectivity index (χ2v) is 17.6. The van der Waals surface area contributed by atoms with Crippen LogP contribution >= 0.6 is 0 Å². The number of carbonyl (C=O) groups is 5. The van der Waals surface area contributed by atoms with Gasteiger partial charge in [-0.05, 0) is 70.3 Å². The van der Waals surface area contributed by atoms with Crippen LogP contribution in [0.25, 0.3) is 0 Å². The summed E-state index contributed by atoms with van der Waals surface area (Å²) in [7, 11) is 0. The monoisotopic (exact) mass is 1000 g/mol. The molecule has 0 aromatic heterocycles. The lowest BCUT2D eigenvalue weighted by molar-refractivity contribution is 0.0259. The molecule has 8 aromatic rings. The van der Waals surface area contributed by atoms with Gasteiger partial charge in [-0.1, -0.05) is 170 Å². The number of likely N-dealkylation sites (tertiary alicyclic amines) is 1. The van der Waals surface area contributed by atoms with Gasteiger partial charge < -0.3 is 38.6 Å². The van der Waals surface area contributed by atoms with Crippen LogP contribution in [-0.4, -0.2) is 59.9 Å². The maximum Gasteiger partial charge on any atom is 0.410 e. The average Bonchev–Trinajstić information content (AvgIpc) is 3.86. The van der Waals surface area contributed by atoms with Crippen molar-refractivity contribution in [2.75, 3.05) is 13.1 Å². The fraction of sp³-hybridized carbons (Fsp3) is 0.145. The molecule has 376 valence electrons. The molecular formula is C62H52N2O11. The zero-order valence-corrected chi connectivity index (χ0v) is 40.7. The van der Waals surface area contributed by atoms with Gasteiger partial charge in [0.1, 0.15) is 62.0 Å². The molecule has 0 aliphatic carbocycles. The van der Waals surface area contributed by atoms with Crippen LogP contribution in [0.3, 0.4) is 0 Å². The van der Waals surface area contributed by atoms with Crippen molar-refractivity contribution in [2.45, 2.75) is 45.2 Å². The molecule has 0 unspecified atom stereocenters. The first-order valence-corrected chi connectivity index (χ1v) is 24.3. The Hall–Kier alpha value is -9.49. The van der Waals surface area contributed by atoms with Crippen LogP contribution in [-0.2, 0) is 47.2 Å². The largest absolute Gasteiger partial charge is 0.489 e. The second-order valence-electron chi connectivity index (χ2n) is 17.6. The van der Waals surface area contributed by atoms with E-state index in [0.717, 1.165) is 27.8 Å². The Labute approximate surface area is 434 Å². The van der Waals surface area contributed by atoms with Gasteiger partial charge in [0.25, 0.3) is 5.91 Å². The van der Waals surface area contributed by atoms with E-state index in [0.29, 0.717) is 17.9 Å². The Morgan fingerprint density at radius 2 is 0.880 bits per heavy atom. The minimum absolute atomic E-state index is 0.00171. The SMILES string of the molecule is O=C(N[C@H]1CN(C(=O)OCc2ccccc2)C[C@@H]1OC(=O)c1cc(OCc2ccccc2)c(C(=O)c2ccccc2C(=O)OCc2ccccc2)c(OCc2ccccc2)c1)c1ccc(OCc2ccccc2)cc1. The molecule has 0 spiro atoms. The molecular weight excluding hydrogens is 949 g/mol. The molecule has 1 N–H and O–H groups in total. The van der Waals surface area contributed by atoms with Crippen LogP contribution in [0.5, 0.6) is 17.2 Å². The van der Waals surface area contributed by atoms with Crippen LogP contribution in [0, 0.1) is 0 Å². The van der Waals surface area contributed by atoms with Crippen LogP contribution in [0.1, 0.15) is 74.8 Å².